The van der Waals surface area contributed by atoms with Gasteiger partial charge in [0.2, 0.25) is 5.75 Å². The largest absolute Gasteiger partial charge is 0.493 e. The third-order valence-corrected chi connectivity index (χ3v) is 5.85. The molecule has 1 aromatic rings. The van der Waals surface area contributed by atoms with Gasteiger partial charge in [0, 0.05) is 5.92 Å². The Bertz CT molecular complexity index is 610. The molecule has 2 N–H and O–H groups in total. The lowest BCUT2D eigenvalue weighted by Crippen LogP contribution is -3.27. The second kappa shape index (κ2) is 9.28. The first-order valence-electron chi connectivity index (χ1n) is 9.85. The van der Waals surface area contributed by atoms with Gasteiger partial charge in [0.15, 0.2) is 11.5 Å². The van der Waals surface area contributed by atoms with E-state index in [1.807, 2.05) is 6.07 Å². The van der Waals surface area contributed by atoms with Crippen LogP contribution in [-0.4, -0.2) is 54.1 Å². The van der Waals surface area contributed by atoms with Crippen molar-refractivity contribution in [2.24, 2.45) is 5.92 Å². The van der Waals surface area contributed by atoms with E-state index in [-0.39, 0.29) is 0 Å². The van der Waals surface area contributed by atoms with Crippen molar-refractivity contribution in [1.29, 1.82) is 0 Å². The van der Waals surface area contributed by atoms with E-state index in [1.165, 1.54) is 57.5 Å². The van der Waals surface area contributed by atoms with Crippen LogP contribution in [0.4, 0.5) is 0 Å². The Balaban J connectivity index is 1.56. The molecule has 1 aliphatic carbocycles. The van der Waals surface area contributed by atoms with Gasteiger partial charge in [-0.3, -0.25) is 0 Å². The average Bonchev–Trinajstić information content (AvgIpc) is 2.69. The van der Waals surface area contributed by atoms with Gasteiger partial charge in [-0.15, -0.1) is 0 Å². The first kappa shape index (κ1) is 19.1. The quantitative estimate of drug-likeness (QED) is 0.688. The summed E-state index contributed by atoms with van der Waals surface area (Å²) in [5.74, 6) is 3.12. The first-order chi connectivity index (χ1) is 12.7. The lowest BCUT2D eigenvalue weighted by molar-refractivity contribution is -1.02. The van der Waals surface area contributed by atoms with Gasteiger partial charge in [0.05, 0.1) is 33.4 Å². The predicted molar refractivity (Wildman–Crippen MR) is 103 cm³/mol. The Morgan fingerprint density at radius 1 is 0.885 bits per heavy atom. The number of piperazine rings is 1. The van der Waals surface area contributed by atoms with E-state index < -0.39 is 0 Å². The van der Waals surface area contributed by atoms with Crippen LogP contribution in [0.25, 0.3) is 0 Å². The second-order valence-corrected chi connectivity index (χ2v) is 7.52. The van der Waals surface area contributed by atoms with Gasteiger partial charge >= 0.3 is 0 Å². The number of quaternary nitrogens is 2. The van der Waals surface area contributed by atoms with Crippen molar-refractivity contribution < 1.29 is 24.0 Å². The molecule has 1 heterocycles. The van der Waals surface area contributed by atoms with E-state index in [4.69, 9.17) is 14.2 Å². The zero-order valence-corrected chi connectivity index (χ0v) is 16.5. The highest BCUT2D eigenvalue weighted by Crippen LogP contribution is 2.39. The molecule has 5 nitrogen and oxygen atoms in total. The zero-order valence-electron chi connectivity index (χ0n) is 16.5. The standard InChI is InChI=1S/C21H32N2O3/c1-24-19-10-9-18(20(25-2)21(19)26-3)16-23-13-11-22(12-14-23)15-17-7-5-4-6-8-17/h4-5,9-10,17H,6-8,11-16H2,1-3H3/p+2. The number of nitrogens with one attached hydrogen (secondary N) is 2. The van der Waals surface area contributed by atoms with E-state index in [2.05, 4.69) is 18.2 Å². The van der Waals surface area contributed by atoms with Crippen molar-refractivity contribution in [2.75, 3.05) is 54.1 Å². The van der Waals surface area contributed by atoms with Gasteiger partial charge in [-0.05, 0) is 31.4 Å². The molecule has 0 spiro atoms. The summed E-state index contributed by atoms with van der Waals surface area (Å²) in [7, 11) is 5.03. The Hall–Kier alpha value is -1.72. The van der Waals surface area contributed by atoms with Gasteiger partial charge in [0.1, 0.15) is 32.7 Å². The molecule has 1 unspecified atom stereocenters. The molecule has 1 aliphatic heterocycles. The molecule has 2 aliphatic rings. The van der Waals surface area contributed by atoms with Gasteiger partial charge < -0.3 is 24.0 Å². The normalized spacial score (nSPS) is 25.7. The Kier molecular flexibility index (Phi) is 6.80. The molecule has 0 saturated carbocycles. The summed E-state index contributed by atoms with van der Waals surface area (Å²) >= 11 is 0. The minimum Gasteiger partial charge on any atom is -0.493 e. The number of hydrogen-bond acceptors (Lipinski definition) is 3. The average molecular weight is 363 g/mol. The number of hydrogen-bond donors (Lipinski definition) is 2. The summed E-state index contributed by atoms with van der Waals surface area (Å²) in [6.45, 7) is 7.29. The maximum absolute atomic E-state index is 5.64. The molecule has 3 rings (SSSR count). The van der Waals surface area contributed by atoms with Crippen LogP contribution in [0, 0.1) is 5.92 Å². The minimum atomic E-state index is 0.696. The summed E-state index contributed by atoms with van der Waals surface area (Å²) in [4.78, 5) is 3.41. The Labute approximate surface area is 157 Å². The first-order valence-corrected chi connectivity index (χ1v) is 9.85. The van der Waals surface area contributed by atoms with Crippen molar-refractivity contribution in [2.45, 2.75) is 25.8 Å². The number of benzene rings is 1. The SMILES string of the molecule is COc1ccc(C[NH+]2CC[NH+](CC3CC=CCC3)CC2)c(OC)c1OC. The third kappa shape index (κ3) is 4.51. The lowest BCUT2D eigenvalue weighted by Gasteiger charge is -2.32. The summed E-state index contributed by atoms with van der Waals surface area (Å²) in [6.07, 6.45) is 8.64. The van der Waals surface area contributed by atoms with Crippen LogP contribution in [0.15, 0.2) is 24.3 Å². The summed E-state index contributed by atoms with van der Waals surface area (Å²) in [5.41, 5.74) is 1.20. The topological polar surface area (TPSA) is 36.6 Å². The van der Waals surface area contributed by atoms with E-state index in [0.717, 1.165) is 24.0 Å². The molecule has 0 aromatic heterocycles. The van der Waals surface area contributed by atoms with Gasteiger partial charge in [-0.25, -0.2) is 0 Å². The fourth-order valence-corrected chi connectivity index (χ4v) is 4.36. The second-order valence-electron chi connectivity index (χ2n) is 7.52. The molecule has 0 bridgehead atoms. The monoisotopic (exact) mass is 362 g/mol. The van der Waals surface area contributed by atoms with Crippen LogP contribution < -0.4 is 24.0 Å². The molecule has 0 radical (unpaired) electrons. The zero-order chi connectivity index (χ0) is 18.4. The van der Waals surface area contributed by atoms with Crippen LogP contribution in [0.1, 0.15) is 24.8 Å². The summed E-state index contributed by atoms with van der Waals surface area (Å²) < 4.78 is 16.6. The maximum atomic E-state index is 5.64. The van der Waals surface area contributed by atoms with Crippen LogP contribution in [0.3, 0.4) is 0 Å². The molecule has 5 heteroatoms. The van der Waals surface area contributed by atoms with Crippen molar-refractivity contribution in [3.63, 3.8) is 0 Å². The van der Waals surface area contributed by atoms with E-state index in [0.29, 0.717) is 5.75 Å². The van der Waals surface area contributed by atoms with Crippen LogP contribution in [0.2, 0.25) is 0 Å². The molecule has 1 fully saturated rings. The maximum Gasteiger partial charge on any atom is 0.203 e. The molecule has 1 aromatic carbocycles. The summed E-state index contributed by atoms with van der Waals surface area (Å²) in [6, 6.07) is 4.09. The third-order valence-electron chi connectivity index (χ3n) is 5.85. The van der Waals surface area contributed by atoms with Gasteiger partial charge in [-0.2, -0.15) is 0 Å². The highest BCUT2D eigenvalue weighted by atomic mass is 16.5. The number of methoxy groups -OCH3 is 3. The van der Waals surface area contributed by atoms with Gasteiger partial charge in [-0.1, -0.05) is 12.2 Å². The smallest absolute Gasteiger partial charge is 0.203 e. The lowest BCUT2D eigenvalue weighted by atomic mass is 9.94. The molecule has 0 amide bonds. The van der Waals surface area contributed by atoms with Gasteiger partial charge in [0.25, 0.3) is 0 Å². The van der Waals surface area contributed by atoms with Crippen LogP contribution in [-0.2, 0) is 6.54 Å². The van der Waals surface area contributed by atoms with Crippen LogP contribution in [0.5, 0.6) is 17.2 Å². The highest BCUT2D eigenvalue weighted by molar-refractivity contribution is 5.55. The van der Waals surface area contributed by atoms with E-state index >= 15 is 0 Å². The summed E-state index contributed by atoms with van der Waals surface area (Å²) in [5, 5.41) is 0. The van der Waals surface area contributed by atoms with Crippen LogP contribution >= 0.6 is 0 Å². The molecule has 26 heavy (non-hydrogen) atoms. The van der Waals surface area contributed by atoms with Crippen molar-refractivity contribution >= 4 is 0 Å². The van der Waals surface area contributed by atoms with E-state index in [9.17, 15) is 0 Å². The fourth-order valence-electron chi connectivity index (χ4n) is 4.36. The minimum absolute atomic E-state index is 0.696. The number of ether oxygens (including phenoxy) is 3. The number of allylic oxidation sites excluding steroid dienone is 2. The number of rotatable bonds is 7. The van der Waals surface area contributed by atoms with Crippen molar-refractivity contribution in [1.82, 2.24) is 0 Å². The molecule has 1 saturated heterocycles. The van der Waals surface area contributed by atoms with Crippen molar-refractivity contribution in [3.05, 3.63) is 29.8 Å². The highest BCUT2D eigenvalue weighted by Gasteiger charge is 2.27. The molecule has 144 valence electrons. The molecular formula is C21H34N2O3+2. The predicted octanol–water partition coefficient (Wildman–Crippen LogP) is 0.352. The van der Waals surface area contributed by atoms with E-state index in [1.54, 1.807) is 31.1 Å². The van der Waals surface area contributed by atoms with Crippen molar-refractivity contribution in [3.8, 4) is 17.2 Å². The Morgan fingerprint density at radius 2 is 1.62 bits per heavy atom. The fraction of sp³-hybridized carbons (Fsp3) is 0.619. The molecule has 1 atom stereocenters. The molecular weight excluding hydrogens is 328 g/mol. The Morgan fingerprint density at radius 3 is 2.23 bits per heavy atom.